The van der Waals surface area contributed by atoms with Crippen molar-refractivity contribution in [3.05, 3.63) is 76.6 Å². The Morgan fingerprint density at radius 1 is 1.19 bits per heavy atom. The topological polar surface area (TPSA) is 113 Å². The van der Waals surface area contributed by atoms with Crippen molar-refractivity contribution in [1.82, 2.24) is 14.8 Å². The van der Waals surface area contributed by atoms with Gasteiger partial charge in [-0.3, -0.25) is 4.72 Å². The van der Waals surface area contributed by atoms with Crippen LogP contribution in [0.4, 0.5) is 21.0 Å². The van der Waals surface area contributed by atoms with Crippen LogP contribution < -0.4 is 10.0 Å². The van der Waals surface area contributed by atoms with Gasteiger partial charge >= 0.3 is 0 Å². The minimum Gasteiger partial charge on any atom is -0.339 e. The molecule has 0 radical (unpaired) electrons. The van der Waals surface area contributed by atoms with E-state index in [9.17, 15) is 18.1 Å². The molecule has 2 heterocycles. The van der Waals surface area contributed by atoms with E-state index in [0.717, 1.165) is 0 Å². The Labute approximate surface area is 185 Å². The predicted molar refractivity (Wildman–Crippen MR) is 116 cm³/mol. The Hall–Kier alpha value is -3.46. The summed E-state index contributed by atoms with van der Waals surface area (Å²) < 4.78 is 42.2. The number of aromatic nitrogens is 3. The van der Waals surface area contributed by atoms with Gasteiger partial charge in [0.25, 0.3) is 10.0 Å². The fraction of sp³-hybridized carbons (Fsp3) is 0. The van der Waals surface area contributed by atoms with Crippen LogP contribution in [0.5, 0.6) is 0 Å². The number of benzene rings is 2. The Balaban J connectivity index is 1.62. The predicted octanol–water partition coefficient (Wildman–Crippen LogP) is 4.54. The molecule has 0 fully saturated rings. The van der Waals surface area contributed by atoms with Gasteiger partial charge in [-0.25, -0.2) is 22.5 Å². The molecule has 4 rings (SSSR count). The summed E-state index contributed by atoms with van der Waals surface area (Å²) in [7, 11) is -3.78. The molecule has 4 aromatic rings. The summed E-state index contributed by atoms with van der Waals surface area (Å²) in [5.41, 5.74) is 1.20. The van der Waals surface area contributed by atoms with Gasteiger partial charge in [-0.05, 0) is 42.5 Å². The molecule has 31 heavy (non-hydrogen) atoms. The summed E-state index contributed by atoms with van der Waals surface area (Å²) in [4.78, 5) is 3.95. The highest BCUT2D eigenvalue weighted by Crippen LogP contribution is 2.27. The maximum Gasteiger partial charge on any atom is 0.263 e. The highest BCUT2D eigenvalue weighted by Gasteiger charge is 2.17. The van der Waals surface area contributed by atoms with Crippen LogP contribution in [0.1, 0.15) is 5.56 Å². The van der Waals surface area contributed by atoms with Gasteiger partial charge in [0.2, 0.25) is 0 Å². The van der Waals surface area contributed by atoms with Gasteiger partial charge in [0.15, 0.2) is 10.9 Å². The standard InChI is InChI=1S/C19H12ClFN6O2S2/c20-16-9-14(3-6-17(16)21)27-18(12(10-22)11-24-27)25-13-1-4-15(5-2-13)31(28,29)26-19-23-7-8-30-19/h1-9,11,25H,(H,23,26). The lowest BCUT2D eigenvalue weighted by molar-refractivity contribution is 0.601. The molecule has 2 aromatic carbocycles. The van der Waals surface area contributed by atoms with Crippen molar-refractivity contribution in [1.29, 1.82) is 5.26 Å². The van der Waals surface area contributed by atoms with Gasteiger partial charge in [0.1, 0.15) is 17.4 Å². The minimum absolute atomic E-state index is 0.0487. The van der Waals surface area contributed by atoms with Gasteiger partial charge in [0, 0.05) is 17.3 Å². The molecule has 8 nitrogen and oxygen atoms in total. The number of halogens is 2. The summed E-state index contributed by atoms with van der Waals surface area (Å²) in [5.74, 6) is -0.252. The summed E-state index contributed by atoms with van der Waals surface area (Å²) in [5, 5.41) is 18.5. The van der Waals surface area contributed by atoms with Crippen LogP contribution in [0.15, 0.2) is 65.1 Å². The molecule has 12 heteroatoms. The largest absolute Gasteiger partial charge is 0.339 e. The SMILES string of the molecule is N#Cc1cnn(-c2ccc(F)c(Cl)c2)c1Nc1ccc(S(=O)(=O)Nc2nccs2)cc1. The lowest BCUT2D eigenvalue weighted by Crippen LogP contribution is -2.12. The Bertz CT molecular complexity index is 1380. The van der Waals surface area contributed by atoms with E-state index in [1.807, 2.05) is 6.07 Å². The van der Waals surface area contributed by atoms with Crippen LogP contribution >= 0.6 is 22.9 Å². The number of sulfonamides is 1. The summed E-state index contributed by atoms with van der Waals surface area (Å²) in [6, 6.07) is 12.0. The second kappa shape index (κ2) is 8.35. The highest BCUT2D eigenvalue weighted by atomic mass is 35.5. The molecule has 2 N–H and O–H groups in total. The van der Waals surface area contributed by atoms with Crippen molar-refractivity contribution >= 4 is 49.6 Å². The monoisotopic (exact) mass is 474 g/mol. The van der Waals surface area contributed by atoms with E-state index in [-0.39, 0.29) is 20.6 Å². The molecular weight excluding hydrogens is 463 g/mol. The van der Waals surface area contributed by atoms with E-state index in [4.69, 9.17) is 11.6 Å². The first-order valence-corrected chi connectivity index (χ1v) is 11.3. The zero-order valence-corrected chi connectivity index (χ0v) is 17.8. The number of nitrogens with zero attached hydrogens (tertiary/aromatic N) is 4. The maximum absolute atomic E-state index is 13.5. The third kappa shape index (κ3) is 4.36. The van der Waals surface area contributed by atoms with E-state index in [1.165, 1.54) is 58.7 Å². The van der Waals surface area contributed by atoms with E-state index in [0.29, 0.717) is 17.2 Å². The molecule has 0 saturated heterocycles. The molecule has 0 aliphatic carbocycles. The number of thiazole rings is 1. The molecule has 0 aliphatic heterocycles. The van der Waals surface area contributed by atoms with Crippen molar-refractivity contribution in [2.45, 2.75) is 4.90 Å². The Morgan fingerprint density at radius 2 is 1.97 bits per heavy atom. The third-order valence-corrected chi connectivity index (χ3v) is 6.58. The quantitative estimate of drug-likeness (QED) is 0.424. The first-order valence-electron chi connectivity index (χ1n) is 8.60. The van der Waals surface area contributed by atoms with Gasteiger partial charge in [-0.2, -0.15) is 10.4 Å². The number of hydrogen-bond acceptors (Lipinski definition) is 7. The number of rotatable bonds is 6. The van der Waals surface area contributed by atoms with Crippen LogP contribution in [0.3, 0.4) is 0 Å². The van der Waals surface area contributed by atoms with Crippen molar-refractivity contribution in [3.63, 3.8) is 0 Å². The summed E-state index contributed by atoms with van der Waals surface area (Å²) in [6.45, 7) is 0. The average Bonchev–Trinajstić information content (AvgIpc) is 3.40. The molecule has 0 amide bonds. The molecule has 0 unspecified atom stereocenters. The number of anilines is 3. The van der Waals surface area contributed by atoms with Crippen LogP contribution in [0.25, 0.3) is 5.69 Å². The van der Waals surface area contributed by atoms with Crippen molar-refractivity contribution in [2.24, 2.45) is 0 Å². The Morgan fingerprint density at radius 3 is 2.61 bits per heavy atom. The van der Waals surface area contributed by atoms with Crippen molar-refractivity contribution in [2.75, 3.05) is 10.0 Å². The lowest BCUT2D eigenvalue weighted by Gasteiger charge is -2.12. The fourth-order valence-electron chi connectivity index (χ4n) is 2.66. The number of nitriles is 1. The molecule has 0 atom stereocenters. The molecule has 0 aliphatic rings. The maximum atomic E-state index is 13.5. The number of hydrogen-bond donors (Lipinski definition) is 2. The Kier molecular flexibility index (Phi) is 5.60. The van der Waals surface area contributed by atoms with Crippen molar-refractivity contribution in [3.8, 4) is 11.8 Å². The van der Waals surface area contributed by atoms with Gasteiger partial charge in [0.05, 0.1) is 21.8 Å². The van der Waals surface area contributed by atoms with E-state index >= 15 is 0 Å². The normalized spacial score (nSPS) is 11.1. The summed E-state index contributed by atoms with van der Waals surface area (Å²) in [6.07, 6.45) is 2.86. The second-order valence-corrected chi connectivity index (χ2v) is 9.11. The van der Waals surface area contributed by atoms with Crippen LogP contribution in [0, 0.1) is 17.1 Å². The van der Waals surface area contributed by atoms with Gasteiger partial charge in [-0.1, -0.05) is 11.6 Å². The molecule has 2 aromatic heterocycles. The van der Waals surface area contributed by atoms with Crippen LogP contribution in [-0.4, -0.2) is 23.2 Å². The smallest absolute Gasteiger partial charge is 0.263 e. The fourth-order valence-corrected chi connectivity index (χ4v) is 4.63. The first-order chi connectivity index (χ1) is 14.9. The highest BCUT2D eigenvalue weighted by molar-refractivity contribution is 7.93. The zero-order valence-electron chi connectivity index (χ0n) is 15.5. The second-order valence-electron chi connectivity index (χ2n) is 6.12. The van der Waals surface area contributed by atoms with Crippen LogP contribution in [-0.2, 0) is 10.0 Å². The van der Waals surface area contributed by atoms with E-state index in [1.54, 1.807) is 17.5 Å². The first kappa shape index (κ1) is 20.8. The molecule has 0 spiro atoms. The minimum atomic E-state index is -3.78. The molecule has 156 valence electrons. The average molecular weight is 475 g/mol. The van der Waals surface area contributed by atoms with E-state index in [2.05, 4.69) is 20.1 Å². The zero-order chi connectivity index (χ0) is 22.0. The third-order valence-electron chi connectivity index (χ3n) is 4.12. The van der Waals surface area contributed by atoms with Gasteiger partial charge < -0.3 is 5.32 Å². The summed E-state index contributed by atoms with van der Waals surface area (Å²) >= 11 is 7.03. The number of nitrogens with one attached hydrogen (secondary N) is 2. The lowest BCUT2D eigenvalue weighted by atomic mass is 10.2. The van der Waals surface area contributed by atoms with Crippen LogP contribution in [0.2, 0.25) is 5.02 Å². The molecular formula is C19H12ClFN6O2S2. The molecule has 0 saturated carbocycles. The molecule has 0 bridgehead atoms. The van der Waals surface area contributed by atoms with Crippen molar-refractivity contribution < 1.29 is 12.8 Å². The van der Waals surface area contributed by atoms with Gasteiger partial charge in [-0.15, -0.1) is 11.3 Å². The van der Waals surface area contributed by atoms with E-state index < -0.39 is 15.8 Å².